The quantitative estimate of drug-likeness (QED) is 0.434. The van der Waals surface area contributed by atoms with Crippen LogP contribution in [0.2, 0.25) is 0 Å². The van der Waals surface area contributed by atoms with Crippen molar-refractivity contribution in [2.75, 3.05) is 5.32 Å². The van der Waals surface area contributed by atoms with Gasteiger partial charge in [0.25, 0.3) is 5.91 Å². The molecule has 7 nitrogen and oxygen atoms in total. The zero-order chi connectivity index (χ0) is 21.8. The predicted octanol–water partition coefficient (Wildman–Crippen LogP) is 4.47. The van der Waals surface area contributed by atoms with Gasteiger partial charge in [-0.05, 0) is 55.8 Å². The highest BCUT2D eigenvalue weighted by Crippen LogP contribution is 2.19. The summed E-state index contributed by atoms with van der Waals surface area (Å²) in [5.74, 6) is -0.822. The topological polar surface area (TPSA) is 77.6 Å². The molecule has 0 fully saturated rings. The van der Waals surface area contributed by atoms with Crippen LogP contribution in [0.25, 0.3) is 12.2 Å². The Morgan fingerprint density at radius 3 is 2.90 bits per heavy atom. The van der Waals surface area contributed by atoms with Crippen molar-refractivity contribution in [2.45, 2.75) is 26.9 Å². The molecule has 0 radical (unpaired) electrons. The molecule has 4 aromatic heterocycles. The lowest BCUT2D eigenvalue weighted by Crippen LogP contribution is -2.17. The molecule has 0 aliphatic carbocycles. The molecule has 4 aromatic rings. The van der Waals surface area contributed by atoms with Crippen LogP contribution in [0.1, 0.15) is 40.1 Å². The van der Waals surface area contributed by atoms with Crippen molar-refractivity contribution in [1.82, 2.24) is 24.1 Å². The monoisotopic (exact) mass is 436 g/mol. The number of rotatable bonds is 7. The van der Waals surface area contributed by atoms with Gasteiger partial charge in [0.2, 0.25) is 5.95 Å². The Hall–Kier alpha value is -3.59. The lowest BCUT2D eigenvalue weighted by molar-refractivity contribution is 0.101. The van der Waals surface area contributed by atoms with Gasteiger partial charge in [0, 0.05) is 36.6 Å². The van der Waals surface area contributed by atoms with Crippen LogP contribution in [0.3, 0.4) is 0 Å². The minimum atomic E-state index is -0.546. The number of aromatic nitrogens is 5. The van der Waals surface area contributed by atoms with E-state index < -0.39 is 5.95 Å². The number of carbonyl (C=O) groups excluding carboxylic acids is 1. The van der Waals surface area contributed by atoms with E-state index in [1.54, 1.807) is 29.0 Å². The van der Waals surface area contributed by atoms with Crippen molar-refractivity contribution in [3.05, 3.63) is 82.7 Å². The van der Waals surface area contributed by atoms with Crippen LogP contribution in [-0.4, -0.2) is 30.0 Å². The third kappa shape index (κ3) is 4.77. The van der Waals surface area contributed by atoms with Crippen molar-refractivity contribution < 1.29 is 9.18 Å². The molecule has 1 amide bonds. The molecule has 0 aliphatic rings. The van der Waals surface area contributed by atoms with Gasteiger partial charge in [-0.1, -0.05) is 0 Å². The van der Waals surface area contributed by atoms with Gasteiger partial charge in [-0.2, -0.15) is 4.39 Å². The summed E-state index contributed by atoms with van der Waals surface area (Å²) in [5, 5.41) is 5.21. The number of anilines is 1. The lowest BCUT2D eigenvalue weighted by Gasteiger charge is -2.09. The van der Waals surface area contributed by atoms with E-state index in [2.05, 4.69) is 31.8 Å². The Balaban J connectivity index is 1.43. The number of hydrogen-bond donors (Lipinski definition) is 1. The summed E-state index contributed by atoms with van der Waals surface area (Å²) in [6, 6.07) is 6.57. The van der Waals surface area contributed by atoms with Gasteiger partial charge in [-0.3, -0.25) is 10.1 Å². The van der Waals surface area contributed by atoms with E-state index in [9.17, 15) is 9.18 Å². The van der Waals surface area contributed by atoms with Crippen molar-refractivity contribution in [1.29, 1.82) is 0 Å². The van der Waals surface area contributed by atoms with E-state index in [1.165, 1.54) is 23.6 Å². The Labute approximate surface area is 182 Å². The maximum Gasteiger partial charge on any atom is 0.274 e. The molecule has 0 atom stereocenters. The number of pyridine rings is 1. The van der Waals surface area contributed by atoms with E-state index in [-0.39, 0.29) is 5.91 Å². The number of hydrogen-bond acceptors (Lipinski definition) is 5. The third-order valence-electron chi connectivity index (χ3n) is 4.84. The molecule has 9 heteroatoms. The van der Waals surface area contributed by atoms with Crippen LogP contribution in [0.15, 0.2) is 48.4 Å². The fourth-order valence-electron chi connectivity index (χ4n) is 3.18. The first-order valence-corrected chi connectivity index (χ1v) is 10.6. The van der Waals surface area contributed by atoms with Gasteiger partial charge in [-0.15, -0.1) is 11.3 Å². The molecular formula is C22H21FN6OS. The van der Waals surface area contributed by atoms with Gasteiger partial charge in [0.15, 0.2) is 5.13 Å². The molecule has 0 spiro atoms. The molecule has 0 aromatic carbocycles. The highest BCUT2D eigenvalue weighted by atomic mass is 32.1. The molecule has 4 heterocycles. The highest BCUT2D eigenvalue weighted by Gasteiger charge is 2.13. The third-order valence-corrected chi connectivity index (χ3v) is 5.61. The SMILES string of the molecule is CCn1cnc(/C=C/c2csc(NC(=O)c3cccn3Cc3ccnc(F)c3)n2)c1C. The van der Waals surface area contributed by atoms with Gasteiger partial charge in [0.1, 0.15) is 5.69 Å². The Morgan fingerprint density at radius 1 is 1.26 bits per heavy atom. The molecule has 158 valence electrons. The highest BCUT2D eigenvalue weighted by molar-refractivity contribution is 7.14. The summed E-state index contributed by atoms with van der Waals surface area (Å²) >= 11 is 1.35. The zero-order valence-corrected chi connectivity index (χ0v) is 17.9. The number of amides is 1. The molecule has 1 N–H and O–H groups in total. The summed E-state index contributed by atoms with van der Waals surface area (Å²) in [7, 11) is 0. The Bertz CT molecular complexity index is 1240. The molecule has 0 bridgehead atoms. The lowest BCUT2D eigenvalue weighted by atomic mass is 10.2. The van der Waals surface area contributed by atoms with E-state index >= 15 is 0 Å². The second-order valence-corrected chi connectivity index (χ2v) is 7.73. The molecule has 0 aliphatic heterocycles. The predicted molar refractivity (Wildman–Crippen MR) is 119 cm³/mol. The van der Waals surface area contributed by atoms with Gasteiger partial charge in [0.05, 0.1) is 17.7 Å². The molecule has 31 heavy (non-hydrogen) atoms. The van der Waals surface area contributed by atoms with Crippen LogP contribution >= 0.6 is 11.3 Å². The number of carbonyl (C=O) groups is 1. The number of thiazole rings is 1. The largest absolute Gasteiger partial charge is 0.339 e. The minimum Gasteiger partial charge on any atom is -0.339 e. The molecule has 0 saturated carbocycles. The second kappa shape index (κ2) is 9.05. The summed E-state index contributed by atoms with van der Waals surface area (Å²) in [4.78, 5) is 25.1. The zero-order valence-electron chi connectivity index (χ0n) is 17.1. The van der Waals surface area contributed by atoms with E-state index in [0.29, 0.717) is 17.4 Å². The molecule has 0 unspecified atom stereocenters. The molecule has 4 rings (SSSR count). The normalized spacial score (nSPS) is 11.3. The van der Waals surface area contributed by atoms with Crippen LogP contribution in [-0.2, 0) is 13.1 Å². The van der Waals surface area contributed by atoms with Crippen molar-refractivity contribution in [3.63, 3.8) is 0 Å². The van der Waals surface area contributed by atoms with E-state index in [0.717, 1.165) is 29.2 Å². The van der Waals surface area contributed by atoms with Crippen molar-refractivity contribution in [2.24, 2.45) is 0 Å². The average Bonchev–Trinajstić information content (AvgIpc) is 3.47. The standard InChI is InChI=1S/C22H21FN6OS/c1-3-28-14-25-18(15(28)2)7-6-17-13-31-22(26-17)27-21(30)19-5-4-10-29(19)12-16-8-9-24-20(23)11-16/h4-11,13-14H,3,12H2,1-2H3,(H,26,27,30)/b7-6+. The maximum atomic E-state index is 13.3. The first-order valence-electron chi connectivity index (χ1n) is 9.75. The van der Waals surface area contributed by atoms with Gasteiger partial charge in [-0.25, -0.2) is 15.0 Å². The first-order chi connectivity index (χ1) is 15.0. The molecular weight excluding hydrogens is 415 g/mol. The fourth-order valence-corrected chi connectivity index (χ4v) is 3.86. The number of halogens is 1. The number of aryl methyl sites for hydroxylation is 1. The van der Waals surface area contributed by atoms with E-state index in [1.807, 2.05) is 30.8 Å². The van der Waals surface area contributed by atoms with Crippen LogP contribution in [0.4, 0.5) is 9.52 Å². The minimum absolute atomic E-state index is 0.276. The smallest absolute Gasteiger partial charge is 0.274 e. The Morgan fingerprint density at radius 2 is 2.13 bits per heavy atom. The van der Waals surface area contributed by atoms with Crippen molar-refractivity contribution in [3.8, 4) is 0 Å². The summed E-state index contributed by atoms with van der Waals surface area (Å²) < 4.78 is 17.2. The number of nitrogens with one attached hydrogen (secondary N) is 1. The van der Waals surface area contributed by atoms with Crippen LogP contribution in [0, 0.1) is 12.9 Å². The van der Waals surface area contributed by atoms with E-state index in [4.69, 9.17) is 0 Å². The van der Waals surface area contributed by atoms with Crippen LogP contribution < -0.4 is 5.32 Å². The molecule has 0 saturated heterocycles. The van der Waals surface area contributed by atoms with Gasteiger partial charge >= 0.3 is 0 Å². The Kier molecular flexibility index (Phi) is 6.03. The summed E-state index contributed by atoms with van der Waals surface area (Å²) in [6.45, 7) is 5.34. The maximum absolute atomic E-state index is 13.3. The first kappa shape index (κ1) is 20.7. The fraction of sp³-hybridized carbons (Fsp3) is 0.182. The van der Waals surface area contributed by atoms with Crippen LogP contribution in [0.5, 0.6) is 0 Å². The number of nitrogens with zero attached hydrogens (tertiary/aromatic N) is 5. The summed E-state index contributed by atoms with van der Waals surface area (Å²) in [5.41, 5.74) is 3.92. The average molecular weight is 437 g/mol. The summed E-state index contributed by atoms with van der Waals surface area (Å²) in [6.07, 6.45) is 8.80. The van der Waals surface area contributed by atoms with Crippen molar-refractivity contribution >= 4 is 34.5 Å². The second-order valence-electron chi connectivity index (χ2n) is 6.87. The van der Waals surface area contributed by atoms with Gasteiger partial charge < -0.3 is 9.13 Å². The number of imidazole rings is 1.